The molecule has 25 heavy (non-hydrogen) atoms. The molecule has 0 bridgehead atoms. The van der Waals surface area contributed by atoms with Crippen molar-refractivity contribution in [3.05, 3.63) is 51.4 Å². The van der Waals surface area contributed by atoms with E-state index in [4.69, 9.17) is 28.3 Å². The Hall–Kier alpha value is -2.02. The zero-order valence-corrected chi connectivity index (χ0v) is 15.2. The van der Waals surface area contributed by atoms with E-state index in [2.05, 4.69) is 5.10 Å². The number of aryl methyl sites for hydroxylation is 1. The SMILES string of the molecule is CC1=C(CCC(=O)O)C(O)c2nn(C)cc2N1c1ccc(Cl)cc1Cl. The van der Waals surface area contributed by atoms with E-state index in [0.717, 1.165) is 5.70 Å². The molecule has 1 atom stereocenters. The lowest BCUT2D eigenvalue weighted by molar-refractivity contribution is -0.137. The van der Waals surface area contributed by atoms with E-state index < -0.39 is 12.1 Å². The summed E-state index contributed by atoms with van der Waals surface area (Å²) in [6, 6.07) is 5.16. The molecule has 8 heteroatoms. The van der Waals surface area contributed by atoms with Gasteiger partial charge in [0.15, 0.2) is 0 Å². The number of allylic oxidation sites excluding steroid dienone is 1. The number of aromatic nitrogens is 2. The number of aliphatic hydroxyl groups excluding tert-OH is 1. The van der Waals surface area contributed by atoms with Gasteiger partial charge in [0.1, 0.15) is 11.8 Å². The van der Waals surface area contributed by atoms with Crippen molar-refractivity contribution in [2.75, 3.05) is 4.90 Å². The molecule has 0 saturated heterocycles. The first kappa shape index (κ1) is 17.8. The number of carboxylic acid groups (broad SMARTS) is 1. The summed E-state index contributed by atoms with van der Waals surface area (Å²) in [5, 5.41) is 25.0. The summed E-state index contributed by atoms with van der Waals surface area (Å²) >= 11 is 12.4. The van der Waals surface area contributed by atoms with Crippen LogP contribution in [0, 0.1) is 0 Å². The van der Waals surface area contributed by atoms with E-state index in [-0.39, 0.29) is 12.8 Å². The van der Waals surface area contributed by atoms with Crippen LogP contribution in [0.25, 0.3) is 0 Å². The van der Waals surface area contributed by atoms with Gasteiger partial charge < -0.3 is 15.1 Å². The number of hydrogen-bond acceptors (Lipinski definition) is 4. The third kappa shape index (κ3) is 3.25. The normalized spacial score (nSPS) is 17.0. The number of anilines is 2. The topological polar surface area (TPSA) is 78.6 Å². The molecule has 2 aromatic rings. The zero-order chi connectivity index (χ0) is 18.3. The van der Waals surface area contributed by atoms with Gasteiger partial charge in [-0.2, -0.15) is 5.10 Å². The summed E-state index contributed by atoms with van der Waals surface area (Å²) in [4.78, 5) is 12.9. The maximum Gasteiger partial charge on any atom is 0.303 e. The first-order valence-corrected chi connectivity index (χ1v) is 8.43. The van der Waals surface area contributed by atoms with E-state index in [1.807, 2.05) is 11.8 Å². The number of benzene rings is 1. The van der Waals surface area contributed by atoms with Crippen molar-refractivity contribution in [2.24, 2.45) is 7.05 Å². The molecule has 0 saturated carbocycles. The highest BCUT2D eigenvalue weighted by Gasteiger charge is 2.34. The second kappa shape index (κ2) is 6.71. The highest BCUT2D eigenvalue weighted by Crippen LogP contribution is 2.46. The van der Waals surface area contributed by atoms with Gasteiger partial charge in [-0.25, -0.2) is 0 Å². The second-order valence-corrected chi connectivity index (χ2v) is 6.75. The third-order valence-corrected chi connectivity index (χ3v) is 4.76. The van der Waals surface area contributed by atoms with Crippen molar-refractivity contribution >= 4 is 40.5 Å². The minimum absolute atomic E-state index is 0.0753. The van der Waals surface area contributed by atoms with Gasteiger partial charge in [-0.05, 0) is 37.1 Å². The quantitative estimate of drug-likeness (QED) is 0.834. The lowest BCUT2D eigenvalue weighted by atomic mass is 9.94. The van der Waals surface area contributed by atoms with Crippen molar-refractivity contribution in [1.29, 1.82) is 0 Å². The molecule has 0 aliphatic carbocycles. The van der Waals surface area contributed by atoms with Gasteiger partial charge in [-0.1, -0.05) is 23.2 Å². The average molecular weight is 382 g/mol. The molecule has 1 aromatic heterocycles. The van der Waals surface area contributed by atoms with Crippen LogP contribution in [-0.2, 0) is 11.8 Å². The number of nitrogens with zero attached hydrogens (tertiary/aromatic N) is 3. The minimum atomic E-state index is -0.946. The Labute approximate surface area is 154 Å². The number of carbonyl (C=O) groups is 1. The van der Waals surface area contributed by atoms with E-state index in [0.29, 0.717) is 32.7 Å². The standard InChI is InChI=1S/C17H17Cl2N3O3/c1-9-11(4-6-15(23)24)17(25)16-14(8-21(2)20-16)22(9)13-5-3-10(18)7-12(13)19/h3,5,7-8,17,25H,4,6H2,1-2H3,(H,23,24). The van der Waals surface area contributed by atoms with Gasteiger partial charge in [0, 0.05) is 30.4 Å². The molecule has 0 amide bonds. The van der Waals surface area contributed by atoms with E-state index in [1.165, 1.54) is 0 Å². The molecule has 1 unspecified atom stereocenters. The Kier molecular flexibility index (Phi) is 4.77. The van der Waals surface area contributed by atoms with Crippen molar-refractivity contribution < 1.29 is 15.0 Å². The predicted molar refractivity (Wildman–Crippen MR) is 96.3 cm³/mol. The van der Waals surface area contributed by atoms with Crippen LogP contribution >= 0.6 is 23.2 Å². The zero-order valence-electron chi connectivity index (χ0n) is 13.7. The van der Waals surface area contributed by atoms with Crippen LogP contribution in [0.3, 0.4) is 0 Å². The highest BCUT2D eigenvalue weighted by molar-refractivity contribution is 6.36. The summed E-state index contributed by atoms with van der Waals surface area (Å²) in [5.74, 6) is -0.921. The molecule has 2 heterocycles. The number of aliphatic carboxylic acids is 1. The molecule has 132 valence electrons. The molecule has 1 aromatic carbocycles. The summed E-state index contributed by atoms with van der Waals surface area (Å²) < 4.78 is 1.61. The molecule has 0 fully saturated rings. The fourth-order valence-electron chi connectivity index (χ4n) is 3.08. The van der Waals surface area contributed by atoms with E-state index >= 15 is 0 Å². The van der Waals surface area contributed by atoms with Gasteiger partial charge in [-0.15, -0.1) is 0 Å². The number of carboxylic acids is 1. The Morgan fingerprint density at radius 2 is 2.04 bits per heavy atom. The first-order chi connectivity index (χ1) is 11.8. The smallest absolute Gasteiger partial charge is 0.303 e. The van der Waals surface area contributed by atoms with Gasteiger partial charge in [0.2, 0.25) is 0 Å². The summed E-state index contributed by atoms with van der Waals surface area (Å²) in [6.45, 7) is 1.83. The Morgan fingerprint density at radius 1 is 1.32 bits per heavy atom. The van der Waals surface area contributed by atoms with Gasteiger partial charge in [0.25, 0.3) is 0 Å². The van der Waals surface area contributed by atoms with Crippen LogP contribution < -0.4 is 4.90 Å². The number of aliphatic hydroxyl groups is 1. The molecule has 2 N–H and O–H groups in total. The van der Waals surface area contributed by atoms with Gasteiger partial charge in [0.05, 0.1) is 16.4 Å². The van der Waals surface area contributed by atoms with Crippen LogP contribution in [0.4, 0.5) is 11.4 Å². The van der Waals surface area contributed by atoms with Crippen LogP contribution in [0.1, 0.15) is 31.6 Å². The predicted octanol–water partition coefficient (Wildman–Crippen LogP) is 4.05. The van der Waals surface area contributed by atoms with Crippen molar-refractivity contribution in [3.63, 3.8) is 0 Å². The molecular weight excluding hydrogens is 365 g/mol. The molecular formula is C17H17Cl2N3O3. The Bertz CT molecular complexity index is 876. The lowest BCUT2D eigenvalue weighted by Gasteiger charge is -2.34. The second-order valence-electron chi connectivity index (χ2n) is 5.91. The fourth-order valence-corrected chi connectivity index (χ4v) is 3.57. The molecule has 6 nitrogen and oxygen atoms in total. The maximum absolute atomic E-state index is 11.0. The maximum atomic E-state index is 11.0. The molecule has 0 spiro atoms. The first-order valence-electron chi connectivity index (χ1n) is 7.67. The van der Waals surface area contributed by atoms with Gasteiger partial charge in [-0.3, -0.25) is 9.48 Å². The Morgan fingerprint density at radius 3 is 2.68 bits per heavy atom. The summed E-state index contributed by atoms with van der Waals surface area (Å²) in [5.41, 5.74) is 3.21. The highest BCUT2D eigenvalue weighted by atomic mass is 35.5. The monoisotopic (exact) mass is 381 g/mol. The Balaban J connectivity index is 2.16. The number of fused-ring (bicyclic) bond motifs is 1. The molecule has 0 radical (unpaired) electrons. The van der Waals surface area contributed by atoms with E-state index in [9.17, 15) is 9.90 Å². The minimum Gasteiger partial charge on any atom is -0.481 e. The van der Waals surface area contributed by atoms with E-state index in [1.54, 1.807) is 36.1 Å². The largest absolute Gasteiger partial charge is 0.481 e. The van der Waals surface area contributed by atoms with Crippen molar-refractivity contribution in [2.45, 2.75) is 25.9 Å². The molecule has 3 rings (SSSR count). The fraction of sp³-hybridized carbons (Fsp3) is 0.294. The summed E-state index contributed by atoms with van der Waals surface area (Å²) in [7, 11) is 1.76. The van der Waals surface area contributed by atoms with Crippen LogP contribution in [-0.4, -0.2) is 26.0 Å². The van der Waals surface area contributed by atoms with Gasteiger partial charge >= 0.3 is 5.97 Å². The van der Waals surface area contributed by atoms with Crippen molar-refractivity contribution in [3.8, 4) is 0 Å². The average Bonchev–Trinajstić information content (AvgIpc) is 2.90. The summed E-state index contributed by atoms with van der Waals surface area (Å²) in [6.07, 6.45) is 0.993. The number of halogens is 2. The van der Waals surface area contributed by atoms with Crippen LogP contribution in [0.15, 0.2) is 35.7 Å². The molecule has 1 aliphatic heterocycles. The molecule has 1 aliphatic rings. The third-order valence-electron chi connectivity index (χ3n) is 4.23. The van der Waals surface area contributed by atoms with Crippen LogP contribution in [0.2, 0.25) is 10.0 Å². The lowest BCUT2D eigenvalue weighted by Crippen LogP contribution is -2.25. The number of rotatable bonds is 4. The number of hydrogen-bond donors (Lipinski definition) is 2. The van der Waals surface area contributed by atoms with Crippen LogP contribution in [0.5, 0.6) is 0 Å². The van der Waals surface area contributed by atoms with Crippen molar-refractivity contribution in [1.82, 2.24) is 9.78 Å².